The van der Waals surface area contributed by atoms with Crippen LogP contribution in [0, 0.1) is 11.3 Å². The number of fused-ring (bicyclic) bond motifs is 1. The van der Waals surface area contributed by atoms with Crippen LogP contribution in [0.2, 0.25) is 0 Å². The second kappa shape index (κ2) is 7.49. The molecule has 0 radical (unpaired) electrons. The normalized spacial score (nSPS) is 22.1. The Balaban J connectivity index is 2.32. The average molecular weight is 263 g/mol. The van der Waals surface area contributed by atoms with E-state index in [1.165, 1.54) is 6.20 Å². The molecule has 0 unspecified atom stereocenters. The van der Waals surface area contributed by atoms with E-state index in [9.17, 15) is 0 Å². The van der Waals surface area contributed by atoms with Crippen LogP contribution in [0.15, 0.2) is 70.6 Å². The van der Waals surface area contributed by atoms with E-state index in [0.29, 0.717) is 6.61 Å². The number of aliphatic imine (C=N–C) groups is 2. The highest BCUT2D eigenvalue weighted by Gasteiger charge is 2.02. The van der Waals surface area contributed by atoms with Crippen molar-refractivity contribution in [2.45, 2.75) is 6.61 Å². The fourth-order valence-electron chi connectivity index (χ4n) is 1.54. The second-order valence-corrected chi connectivity index (χ2v) is 3.90. The Morgan fingerprint density at radius 2 is 2.00 bits per heavy atom. The van der Waals surface area contributed by atoms with Gasteiger partial charge in [-0.1, -0.05) is 30.3 Å². The van der Waals surface area contributed by atoms with Gasteiger partial charge in [-0.15, -0.1) is 0 Å². The van der Waals surface area contributed by atoms with Crippen molar-refractivity contribution in [2.24, 2.45) is 9.98 Å². The first-order chi connectivity index (χ1) is 9.90. The maximum absolute atomic E-state index is 8.97. The molecular formula is C16H13N3O. The van der Waals surface area contributed by atoms with Crippen LogP contribution in [0.3, 0.4) is 0 Å². The van der Waals surface area contributed by atoms with E-state index in [1.807, 2.05) is 36.4 Å². The molecule has 98 valence electrons. The monoisotopic (exact) mass is 263 g/mol. The molecule has 1 aliphatic rings. The highest BCUT2D eigenvalue weighted by molar-refractivity contribution is 5.82. The van der Waals surface area contributed by atoms with Gasteiger partial charge in [-0.25, -0.2) is 0 Å². The minimum atomic E-state index is 0.175. The summed E-state index contributed by atoms with van der Waals surface area (Å²) in [5.41, 5.74) is 1.92. The molecule has 0 bridgehead atoms. The van der Waals surface area contributed by atoms with Crippen LogP contribution in [0.4, 0.5) is 0 Å². The number of rotatable bonds is 0. The first-order valence-corrected chi connectivity index (χ1v) is 6.09. The number of benzene rings is 1. The minimum Gasteiger partial charge on any atom is -0.478 e. The van der Waals surface area contributed by atoms with Crippen molar-refractivity contribution in [3.63, 3.8) is 0 Å². The molecule has 0 aromatic heterocycles. The average Bonchev–Trinajstić information content (AvgIpc) is 2.49. The third-order valence-electron chi connectivity index (χ3n) is 2.52. The van der Waals surface area contributed by atoms with Crippen LogP contribution < -0.4 is 0 Å². The molecule has 2 rings (SSSR count). The molecule has 1 aliphatic heterocycles. The Morgan fingerprint density at radius 3 is 2.90 bits per heavy atom. The lowest BCUT2D eigenvalue weighted by molar-refractivity contribution is 0.213. The Kier molecular flexibility index (Phi) is 5.06. The van der Waals surface area contributed by atoms with Crippen molar-refractivity contribution in [3.05, 3.63) is 71.8 Å². The predicted octanol–water partition coefficient (Wildman–Crippen LogP) is 3.14. The molecule has 0 aliphatic carbocycles. The van der Waals surface area contributed by atoms with Gasteiger partial charge in [-0.2, -0.15) is 5.26 Å². The molecule has 1 aromatic rings. The van der Waals surface area contributed by atoms with Gasteiger partial charge in [-0.05, 0) is 23.3 Å². The van der Waals surface area contributed by atoms with E-state index in [0.717, 1.165) is 11.1 Å². The van der Waals surface area contributed by atoms with Crippen LogP contribution in [0.5, 0.6) is 0 Å². The van der Waals surface area contributed by atoms with Crippen molar-refractivity contribution in [2.75, 3.05) is 0 Å². The van der Waals surface area contributed by atoms with E-state index < -0.39 is 0 Å². The molecule has 0 saturated carbocycles. The summed E-state index contributed by atoms with van der Waals surface area (Å²) in [6, 6.07) is 9.71. The first-order valence-electron chi connectivity index (χ1n) is 6.09. The molecule has 1 heterocycles. The fraction of sp³-hybridized carbons (Fsp3) is 0.0625. The maximum Gasteiger partial charge on any atom is 0.216 e. The van der Waals surface area contributed by atoms with Gasteiger partial charge in [-0.3, -0.25) is 9.98 Å². The second-order valence-electron chi connectivity index (χ2n) is 3.90. The fourth-order valence-corrected chi connectivity index (χ4v) is 1.54. The highest BCUT2D eigenvalue weighted by Crippen LogP contribution is 2.10. The lowest BCUT2D eigenvalue weighted by Crippen LogP contribution is -1.97. The number of nitrogens with zero attached hydrogens (tertiary/aromatic N) is 3. The Labute approximate surface area is 117 Å². The quantitative estimate of drug-likeness (QED) is 0.722. The number of hydrogen-bond donors (Lipinski definition) is 0. The standard InChI is InChI=1S/C16H13N3O/c17-10-16-12-19-9-5-1-4-8-18-11-14-6-2-3-7-15(14)13-20-16/h1-9,11-12H,13H2/b5-1-,8-4-,16-12-,18-11?,19-9+. The molecule has 0 N–H and O–H groups in total. The van der Waals surface area contributed by atoms with Crippen LogP contribution in [0.25, 0.3) is 0 Å². The molecular weight excluding hydrogens is 250 g/mol. The van der Waals surface area contributed by atoms with E-state index in [4.69, 9.17) is 10.00 Å². The molecule has 20 heavy (non-hydrogen) atoms. The first kappa shape index (κ1) is 13.5. The summed E-state index contributed by atoms with van der Waals surface area (Å²) >= 11 is 0. The van der Waals surface area contributed by atoms with Gasteiger partial charge in [0, 0.05) is 18.6 Å². The van der Waals surface area contributed by atoms with Gasteiger partial charge in [0.25, 0.3) is 0 Å². The summed E-state index contributed by atoms with van der Waals surface area (Å²) in [5, 5.41) is 8.97. The molecule has 4 heteroatoms. The zero-order valence-corrected chi connectivity index (χ0v) is 10.8. The highest BCUT2D eigenvalue weighted by atomic mass is 16.5. The smallest absolute Gasteiger partial charge is 0.216 e. The summed E-state index contributed by atoms with van der Waals surface area (Å²) in [7, 11) is 0. The third-order valence-corrected chi connectivity index (χ3v) is 2.52. The maximum atomic E-state index is 8.97. The van der Waals surface area contributed by atoms with Crippen molar-refractivity contribution in [3.8, 4) is 6.07 Å². The van der Waals surface area contributed by atoms with Gasteiger partial charge in [0.1, 0.15) is 12.7 Å². The Bertz CT molecular complexity index is 646. The predicted molar refractivity (Wildman–Crippen MR) is 79.3 cm³/mol. The van der Waals surface area contributed by atoms with Gasteiger partial charge in [0.15, 0.2) is 0 Å². The zero-order valence-electron chi connectivity index (χ0n) is 10.8. The molecule has 0 fully saturated rings. The topological polar surface area (TPSA) is 57.7 Å². The Hall–Kier alpha value is -2.93. The van der Waals surface area contributed by atoms with Crippen LogP contribution >= 0.6 is 0 Å². The van der Waals surface area contributed by atoms with Crippen LogP contribution in [-0.2, 0) is 11.3 Å². The molecule has 4 nitrogen and oxygen atoms in total. The Morgan fingerprint density at radius 1 is 1.10 bits per heavy atom. The van der Waals surface area contributed by atoms with Crippen molar-refractivity contribution in [1.82, 2.24) is 0 Å². The van der Waals surface area contributed by atoms with E-state index in [-0.39, 0.29) is 5.76 Å². The van der Waals surface area contributed by atoms with Crippen molar-refractivity contribution < 1.29 is 4.74 Å². The molecule has 0 atom stereocenters. The van der Waals surface area contributed by atoms with Crippen LogP contribution in [-0.4, -0.2) is 12.4 Å². The van der Waals surface area contributed by atoms with E-state index >= 15 is 0 Å². The molecule has 0 saturated heterocycles. The minimum absolute atomic E-state index is 0.175. The third kappa shape index (κ3) is 4.07. The number of allylic oxidation sites excluding steroid dienone is 4. The van der Waals surface area contributed by atoms with E-state index in [1.54, 1.807) is 30.8 Å². The van der Waals surface area contributed by atoms with Gasteiger partial charge in [0.05, 0.1) is 6.20 Å². The lowest BCUT2D eigenvalue weighted by Gasteiger charge is -2.06. The number of hydrogen-bond acceptors (Lipinski definition) is 4. The van der Waals surface area contributed by atoms with Crippen LogP contribution in [0.1, 0.15) is 11.1 Å². The van der Waals surface area contributed by atoms with E-state index in [2.05, 4.69) is 9.98 Å². The number of ether oxygens (including phenoxy) is 1. The number of nitriles is 1. The molecule has 1 aromatic carbocycles. The zero-order chi connectivity index (χ0) is 14.0. The largest absolute Gasteiger partial charge is 0.478 e. The van der Waals surface area contributed by atoms with Gasteiger partial charge >= 0.3 is 0 Å². The van der Waals surface area contributed by atoms with Gasteiger partial charge in [0.2, 0.25) is 5.76 Å². The van der Waals surface area contributed by atoms with Crippen molar-refractivity contribution >= 4 is 12.4 Å². The summed E-state index contributed by atoms with van der Waals surface area (Å²) in [6.07, 6.45) is 11.8. The molecule has 0 spiro atoms. The summed E-state index contributed by atoms with van der Waals surface area (Å²) in [4.78, 5) is 8.18. The lowest BCUT2D eigenvalue weighted by atomic mass is 10.1. The van der Waals surface area contributed by atoms with Crippen molar-refractivity contribution in [1.29, 1.82) is 5.26 Å². The SMILES string of the molecule is N#C/C1=C/N=C/C=C\C=C/N=Cc2ccccc2CO1. The van der Waals surface area contributed by atoms with Gasteiger partial charge < -0.3 is 4.74 Å². The molecule has 0 amide bonds. The summed E-state index contributed by atoms with van der Waals surface area (Å²) in [6.45, 7) is 0.302. The summed E-state index contributed by atoms with van der Waals surface area (Å²) in [5.74, 6) is 0.175. The summed E-state index contributed by atoms with van der Waals surface area (Å²) < 4.78 is 5.45.